The van der Waals surface area contributed by atoms with Crippen LogP contribution in [0.5, 0.6) is 23.0 Å². The van der Waals surface area contributed by atoms with E-state index in [1.165, 1.54) is 0 Å². The second kappa shape index (κ2) is 8.55. The van der Waals surface area contributed by atoms with Crippen LogP contribution in [0.2, 0.25) is 0 Å². The number of carbonyl (C=O) groups is 1. The predicted molar refractivity (Wildman–Crippen MR) is 112 cm³/mol. The fourth-order valence-electron chi connectivity index (χ4n) is 3.69. The first-order valence-electron chi connectivity index (χ1n) is 10.2. The molecule has 3 aromatic rings. The standard InChI is InChI=1S/C24H22N2O5/c27-24(12-17-3-5-21-23(10-17)31-16-30-21)26(15-19-2-1-7-25-13-19)14-18-4-6-20-22(11-18)29-9-8-28-20/h1-7,10-11,13H,8-9,12,14-16H2. The summed E-state index contributed by atoms with van der Waals surface area (Å²) in [4.78, 5) is 19.3. The summed E-state index contributed by atoms with van der Waals surface area (Å²) in [5.74, 6) is 2.85. The molecule has 0 saturated carbocycles. The molecule has 2 aliphatic heterocycles. The van der Waals surface area contributed by atoms with Crippen LogP contribution in [0, 0.1) is 0 Å². The van der Waals surface area contributed by atoms with Gasteiger partial charge in [0.1, 0.15) is 13.2 Å². The molecule has 1 aromatic heterocycles. The van der Waals surface area contributed by atoms with Crippen LogP contribution in [-0.4, -0.2) is 35.8 Å². The van der Waals surface area contributed by atoms with Gasteiger partial charge >= 0.3 is 0 Å². The van der Waals surface area contributed by atoms with Gasteiger partial charge in [-0.2, -0.15) is 0 Å². The Balaban J connectivity index is 1.36. The minimum absolute atomic E-state index is 0.0117. The van der Waals surface area contributed by atoms with Crippen LogP contribution in [0.1, 0.15) is 16.7 Å². The van der Waals surface area contributed by atoms with E-state index in [0.717, 1.165) is 22.4 Å². The van der Waals surface area contributed by atoms with Gasteiger partial charge in [-0.15, -0.1) is 0 Å². The molecule has 31 heavy (non-hydrogen) atoms. The molecule has 7 nitrogen and oxygen atoms in total. The number of aromatic nitrogens is 1. The van der Waals surface area contributed by atoms with Crippen LogP contribution in [0.4, 0.5) is 0 Å². The Labute approximate surface area is 180 Å². The summed E-state index contributed by atoms with van der Waals surface area (Å²) in [6.07, 6.45) is 3.77. The van der Waals surface area contributed by atoms with Crippen molar-refractivity contribution in [1.82, 2.24) is 9.88 Å². The Kier molecular flexibility index (Phi) is 5.31. The van der Waals surface area contributed by atoms with E-state index in [2.05, 4.69) is 4.98 Å². The van der Waals surface area contributed by atoms with Gasteiger partial charge in [-0.1, -0.05) is 18.2 Å². The molecule has 0 spiro atoms. The third-order valence-corrected chi connectivity index (χ3v) is 5.22. The lowest BCUT2D eigenvalue weighted by molar-refractivity contribution is -0.131. The Hall–Kier alpha value is -3.74. The van der Waals surface area contributed by atoms with Crippen molar-refractivity contribution >= 4 is 5.91 Å². The molecule has 2 aromatic carbocycles. The maximum Gasteiger partial charge on any atom is 0.231 e. The van der Waals surface area contributed by atoms with Gasteiger partial charge in [-0.25, -0.2) is 0 Å². The summed E-state index contributed by atoms with van der Waals surface area (Å²) in [6, 6.07) is 15.3. The first-order valence-corrected chi connectivity index (χ1v) is 10.2. The lowest BCUT2D eigenvalue weighted by Gasteiger charge is -2.24. The van der Waals surface area contributed by atoms with Gasteiger partial charge in [0.25, 0.3) is 0 Å². The number of hydrogen-bond donors (Lipinski definition) is 0. The van der Waals surface area contributed by atoms with Crippen molar-refractivity contribution in [3.05, 3.63) is 77.6 Å². The van der Waals surface area contributed by atoms with Crippen LogP contribution in [0.25, 0.3) is 0 Å². The van der Waals surface area contributed by atoms with Gasteiger partial charge in [0.15, 0.2) is 23.0 Å². The molecular formula is C24H22N2O5. The van der Waals surface area contributed by atoms with E-state index in [0.29, 0.717) is 43.6 Å². The lowest BCUT2D eigenvalue weighted by atomic mass is 10.1. The van der Waals surface area contributed by atoms with E-state index in [4.69, 9.17) is 18.9 Å². The fraction of sp³-hybridized carbons (Fsp3) is 0.250. The number of hydrogen-bond acceptors (Lipinski definition) is 6. The van der Waals surface area contributed by atoms with Gasteiger partial charge in [-0.3, -0.25) is 9.78 Å². The Morgan fingerprint density at radius 3 is 2.32 bits per heavy atom. The highest BCUT2D eigenvalue weighted by Gasteiger charge is 2.20. The SMILES string of the molecule is O=C(Cc1ccc2c(c1)OCO2)N(Cc1cccnc1)Cc1ccc2c(c1)OCCO2. The number of amides is 1. The molecule has 0 bridgehead atoms. The Morgan fingerprint density at radius 1 is 0.806 bits per heavy atom. The van der Waals surface area contributed by atoms with Crippen molar-refractivity contribution in [1.29, 1.82) is 0 Å². The predicted octanol–water partition coefficient (Wildman–Crippen LogP) is 3.35. The van der Waals surface area contributed by atoms with Crippen LogP contribution in [0.15, 0.2) is 60.9 Å². The van der Waals surface area contributed by atoms with Crippen LogP contribution in [0.3, 0.4) is 0 Å². The molecular weight excluding hydrogens is 396 g/mol. The average Bonchev–Trinajstić information content (AvgIpc) is 3.27. The van der Waals surface area contributed by atoms with Gasteiger partial charge in [-0.05, 0) is 47.0 Å². The second-order valence-corrected chi connectivity index (χ2v) is 7.45. The van der Waals surface area contributed by atoms with Crippen molar-refractivity contribution in [3.63, 3.8) is 0 Å². The van der Waals surface area contributed by atoms with Crippen LogP contribution < -0.4 is 18.9 Å². The quantitative estimate of drug-likeness (QED) is 0.612. The van der Waals surface area contributed by atoms with Gasteiger partial charge in [0.05, 0.1) is 6.42 Å². The highest BCUT2D eigenvalue weighted by atomic mass is 16.7. The van der Waals surface area contributed by atoms with E-state index >= 15 is 0 Å². The number of fused-ring (bicyclic) bond motifs is 2. The molecule has 0 radical (unpaired) electrons. The molecule has 0 unspecified atom stereocenters. The summed E-state index contributed by atoms with van der Waals surface area (Å²) in [5.41, 5.74) is 2.83. The molecule has 158 valence electrons. The number of benzene rings is 2. The topological polar surface area (TPSA) is 70.1 Å². The van der Waals surface area contributed by atoms with Crippen molar-refractivity contribution in [3.8, 4) is 23.0 Å². The average molecular weight is 418 g/mol. The van der Waals surface area contributed by atoms with Crippen molar-refractivity contribution in [2.45, 2.75) is 19.5 Å². The van der Waals surface area contributed by atoms with Crippen LogP contribution >= 0.6 is 0 Å². The number of pyridine rings is 1. The van der Waals surface area contributed by atoms with Crippen molar-refractivity contribution in [2.75, 3.05) is 20.0 Å². The maximum absolute atomic E-state index is 13.3. The zero-order valence-corrected chi connectivity index (χ0v) is 17.0. The normalized spacial score (nSPS) is 13.7. The lowest BCUT2D eigenvalue weighted by Crippen LogP contribution is -2.31. The third-order valence-electron chi connectivity index (χ3n) is 5.22. The van der Waals surface area contributed by atoms with Crippen LogP contribution in [-0.2, 0) is 24.3 Å². The Morgan fingerprint density at radius 2 is 1.48 bits per heavy atom. The van der Waals surface area contributed by atoms with Crippen molar-refractivity contribution < 1.29 is 23.7 Å². The highest BCUT2D eigenvalue weighted by Crippen LogP contribution is 2.33. The molecule has 0 atom stereocenters. The molecule has 5 rings (SSSR count). The first-order chi connectivity index (χ1) is 15.2. The zero-order valence-electron chi connectivity index (χ0n) is 17.0. The largest absolute Gasteiger partial charge is 0.486 e. The molecule has 7 heteroatoms. The summed E-state index contributed by atoms with van der Waals surface area (Å²) < 4.78 is 22.1. The number of carbonyl (C=O) groups excluding carboxylic acids is 1. The van der Waals surface area contributed by atoms with E-state index < -0.39 is 0 Å². The summed E-state index contributed by atoms with van der Waals surface area (Å²) >= 11 is 0. The molecule has 1 amide bonds. The summed E-state index contributed by atoms with van der Waals surface area (Å²) in [5, 5.41) is 0. The Bertz CT molecular complexity index is 1090. The van der Waals surface area contributed by atoms with E-state index in [9.17, 15) is 4.79 Å². The molecule has 0 N–H and O–H groups in total. The van der Waals surface area contributed by atoms with Gasteiger partial charge < -0.3 is 23.8 Å². The molecule has 0 fully saturated rings. The monoisotopic (exact) mass is 418 g/mol. The van der Waals surface area contributed by atoms with E-state index in [1.54, 1.807) is 12.4 Å². The summed E-state index contributed by atoms with van der Waals surface area (Å²) in [7, 11) is 0. The number of rotatable bonds is 6. The van der Waals surface area contributed by atoms with E-state index in [-0.39, 0.29) is 19.1 Å². The smallest absolute Gasteiger partial charge is 0.231 e. The first kappa shape index (κ1) is 19.2. The van der Waals surface area contributed by atoms with Crippen molar-refractivity contribution in [2.24, 2.45) is 0 Å². The minimum atomic E-state index is 0.0117. The fourth-order valence-corrected chi connectivity index (χ4v) is 3.69. The molecule has 0 aliphatic carbocycles. The zero-order chi connectivity index (χ0) is 21.0. The maximum atomic E-state index is 13.3. The molecule has 3 heterocycles. The number of ether oxygens (including phenoxy) is 4. The second-order valence-electron chi connectivity index (χ2n) is 7.45. The molecule has 0 saturated heterocycles. The highest BCUT2D eigenvalue weighted by molar-refractivity contribution is 5.79. The molecule has 2 aliphatic rings. The van der Waals surface area contributed by atoms with Gasteiger partial charge in [0, 0.05) is 25.5 Å². The minimum Gasteiger partial charge on any atom is -0.486 e. The third kappa shape index (κ3) is 4.40. The number of nitrogens with zero attached hydrogens (tertiary/aromatic N) is 2. The summed E-state index contributed by atoms with van der Waals surface area (Å²) in [6.45, 7) is 2.21. The van der Waals surface area contributed by atoms with Gasteiger partial charge in [0.2, 0.25) is 12.7 Å². The van der Waals surface area contributed by atoms with E-state index in [1.807, 2.05) is 53.4 Å².